The first-order valence-corrected chi connectivity index (χ1v) is 7.05. The number of ether oxygens (including phenoxy) is 1. The van der Waals surface area contributed by atoms with Crippen LogP contribution in [0.2, 0.25) is 0 Å². The maximum absolute atomic E-state index is 11.0. The molecule has 3 aromatic rings. The summed E-state index contributed by atoms with van der Waals surface area (Å²) in [6.45, 7) is 0.0871. The van der Waals surface area contributed by atoms with E-state index >= 15 is 0 Å². The lowest BCUT2D eigenvalue weighted by Crippen LogP contribution is -2.00. The van der Waals surface area contributed by atoms with Gasteiger partial charge < -0.3 is 14.3 Å². The quantitative estimate of drug-likeness (QED) is 0.778. The van der Waals surface area contributed by atoms with Crippen LogP contribution in [0.4, 0.5) is 0 Å². The zero-order valence-electron chi connectivity index (χ0n) is 10.9. The molecule has 1 aromatic carbocycles. The molecule has 0 fully saturated rings. The Hall–Kier alpha value is -2.60. The van der Waals surface area contributed by atoms with Gasteiger partial charge in [0.2, 0.25) is 5.89 Å². The molecule has 0 spiro atoms. The number of oxazole rings is 1. The van der Waals surface area contributed by atoms with Crippen molar-refractivity contribution in [2.75, 3.05) is 0 Å². The number of hydrogen-bond acceptors (Lipinski definition) is 5. The van der Waals surface area contributed by atoms with Gasteiger partial charge in [0.05, 0.1) is 6.20 Å². The Labute approximate surface area is 124 Å². The highest BCUT2D eigenvalue weighted by Crippen LogP contribution is 2.26. The molecule has 0 unspecified atom stereocenters. The predicted octanol–water partition coefficient (Wildman–Crippen LogP) is 3.68. The highest BCUT2D eigenvalue weighted by Gasteiger charge is 2.14. The number of carbonyl (C=O) groups is 1. The number of benzene rings is 1. The van der Waals surface area contributed by atoms with E-state index in [-0.39, 0.29) is 11.5 Å². The van der Waals surface area contributed by atoms with Gasteiger partial charge in [-0.2, -0.15) is 0 Å². The smallest absolute Gasteiger partial charge is 0.349 e. The molecular weight excluding hydrogens is 290 g/mol. The number of carboxylic acids is 1. The van der Waals surface area contributed by atoms with Gasteiger partial charge in [-0.25, -0.2) is 9.78 Å². The number of thiophene rings is 1. The van der Waals surface area contributed by atoms with E-state index in [0.717, 1.165) is 16.9 Å². The van der Waals surface area contributed by atoms with Gasteiger partial charge >= 0.3 is 5.97 Å². The SMILES string of the molecule is O=C(O)c1sccc1OCc1ncc(-c2ccccc2)o1. The largest absolute Gasteiger partial charge is 0.482 e. The van der Waals surface area contributed by atoms with Gasteiger partial charge in [0.25, 0.3) is 0 Å². The Bertz CT molecular complexity index is 748. The molecule has 0 bridgehead atoms. The number of hydrogen-bond donors (Lipinski definition) is 1. The molecule has 0 radical (unpaired) electrons. The molecule has 21 heavy (non-hydrogen) atoms. The van der Waals surface area contributed by atoms with Crippen LogP contribution in [0.1, 0.15) is 15.6 Å². The summed E-state index contributed by atoms with van der Waals surface area (Å²) in [5, 5.41) is 10.7. The van der Waals surface area contributed by atoms with Crippen LogP contribution in [0.25, 0.3) is 11.3 Å². The third kappa shape index (κ3) is 2.95. The molecule has 1 N–H and O–H groups in total. The van der Waals surface area contributed by atoms with Crippen molar-refractivity contribution in [3.05, 3.63) is 58.7 Å². The summed E-state index contributed by atoms with van der Waals surface area (Å²) in [6.07, 6.45) is 1.62. The first-order chi connectivity index (χ1) is 10.2. The Balaban J connectivity index is 1.71. The van der Waals surface area contributed by atoms with Crippen molar-refractivity contribution in [1.82, 2.24) is 4.98 Å². The average Bonchev–Trinajstić information content (AvgIpc) is 3.15. The normalized spacial score (nSPS) is 10.5. The number of aromatic nitrogens is 1. The fraction of sp³-hybridized carbons (Fsp3) is 0.0667. The third-order valence-corrected chi connectivity index (χ3v) is 3.67. The summed E-state index contributed by atoms with van der Waals surface area (Å²) in [4.78, 5) is 15.3. The van der Waals surface area contributed by atoms with Gasteiger partial charge in [-0.15, -0.1) is 11.3 Å². The van der Waals surface area contributed by atoms with Gasteiger partial charge in [0.1, 0.15) is 5.75 Å². The molecule has 6 heteroatoms. The first-order valence-electron chi connectivity index (χ1n) is 6.18. The molecule has 0 atom stereocenters. The maximum Gasteiger partial charge on any atom is 0.349 e. The van der Waals surface area contributed by atoms with Crippen LogP contribution in [-0.2, 0) is 6.61 Å². The molecule has 5 nitrogen and oxygen atoms in total. The minimum Gasteiger partial charge on any atom is -0.482 e. The van der Waals surface area contributed by atoms with Gasteiger partial charge in [-0.3, -0.25) is 0 Å². The van der Waals surface area contributed by atoms with Crippen molar-refractivity contribution in [2.45, 2.75) is 6.61 Å². The van der Waals surface area contributed by atoms with Crippen molar-refractivity contribution in [3.8, 4) is 17.1 Å². The van der Waals surface area contributed by atoms with E-state index < -0.39 is 5.97 Å². The first kappa shape index (κ1) is 13.4. The standard InChI is InChI=1S/C15H11NO4S/c17-15(18)14-11(6-7-21-14)19-9-13-16-8-12(20-13)10-4-2-1-3-5-10/h1-8H,9H2,(H,17,18). The molecule has 2 heterocycles. The highest BCUT2D eigenvalue weighted by atomic mass is 32.1. The second kappa shape index (κ2) is 5.80. The van der Waals surface area contributed by atoms with Crippen LogP contribution in [0.15, 0.2) is 52.4 Å². The molecular formula is C15H11NO4S. The zero-order chi connectivity index (χ0) is 14.7. The van der Waals surface area contributed by atoms with E-state index in [1.165, 1.54) is 0 Å². The summed E-state index contributed by atoms with van der Waals surface area (Å²) in [5.74, 6) is 0.374. The van der Waals surface area contributed by atoms with Crippen LogP contribution in [-0.4, -0.2) is 16.1 Å². The van der Waals surface area contributed by atoms with Gasteiger partial charge in [0.15, 0.2) is 17.2 Å². The lowest BCUT2D eigenvalue weighted by Gasteiger charge is -2.02. The lowest BCUT2D eigenvalue weighted by atomic mass is 10.2. The van der Waals surface area contributed by atoms with Gasteiger partial charge in [0, 0.05) is 5.56 Å². The van der Waals surface area contributed by atoms with Crippen LogP contribution in [0, 0.1) is 0 Å². The molecule has 106 valence electrons. The summed E-state index contributed by atoms with van der Waals surface area (Å²) < 4.78 is 11.0. The molecule has 0 aliphatic heterocycles. The van der Waals surface area contributed by atoms with Crippen molar-refractivity contribution >= 4 is 17.3 Å². The molecule has 0 saturated heterocycles. The zero-order valence-corrected chi connectivity index (χ0v) is 11.7. The lowest BCUT2D eigenvalue weighted by molar-refractivity contribution is 0.0697. The molecule has 0 aliphatic carbocycles. The van der Waals surface area contributed by atoms with Gasteiger partial charge in [-0.1, -0.05) is 30.3 Å². The number of nitrogens with zero attached hydrogens (tertiary/aromatic N) is 1. The Kier molecular flexibility index (Phi) is 3.70. The number of carboxylic acid groups (broad SMARTS) is 1. The minimum atomic E-state index is -1.00. The van der Waals surface area contributed by atoms with Crippen molar-refractivity contribution < 1.29 is 19.1 Å². The van der Waals surface area contributed by atoms with Crippen LogP contribution in [0.3, 0.4) is 0 Å². The van der Waals surface area contributed by atoms with E-state index in [4.69, 9.17) is 14.3 Å². The fourth-order valence-corrected chi connectivity index (χ4v) is 2.49. The van der Waals surface area contributed by atoms with E-state index in [1.807, 2.05) is 30.3 Å². The summed E-state index contributed by atoms with van der Waals surface area (Å²) in [6, 6.07) is 11.2. The summed E-state index contributed by atoms with van der Waals surface area (Å²) in [5.41, 5.74) is 0.929. The van der Waals surface area contributed by atoms with Crippen LogP contribution < -0.4 is 4.74 Å². The minimum absolute atomic E-state index is 0.0871. The molecule has 0 amide bonds. The summed E-state index contributed by atoms with van der Waals surface area (Å²) >= 11 is 1.12. The molecule has 0 aliphatic rings. The van der Waals surface area contributed by atoms with Crippen molar-refractivity contribution in [2.24, 2.45) is 0 Å². The fourth-order valence-electron chi connectivity index (χ4n) is 1.82. The molecule has 2 aromatic heterocycles. The summed E-state index contributed by atoms with van der Waals surface area (Å²) in [7, 11) is 0. The Morgan fingerprint density at radius 3 is 2.86 bits per heavy atom. The monoisotopic (exact) mass is 301 g/mol. The molecule has 3 rings (SSSR count). The third-order valence-electron chi connectivity index (χ3n) is 2.79. The Morgan fingerprint density at radius 2 is 2.10 bits per heavy atom. The van der Waals surface area contributed by atoms with E-state index in [2.05, 4.69) is 4.98 Å². The second-order valence-corrected chi connectivity index (χ2v) is 5.11. The predicted molar refractivity (Wildman–Crippen MR) is 77.5 cm³/mol. The topological polar surface area (TPSA) is 72.6 Å². The van der Waals surface area contributed by atoms with E-state index in [0.29, 0.717) is 17.4 Å². The van der Waals surface area contributed by atoms with E-state index in [9.17, 15) is 4.79 Å². The van der Waals surface area contributed by atoms with Crippen molar-refractivity contribution in [1.29, 1.82) is 0 Å². The average molecular weight is 301 g/mol. The van der Waals surface area contributed by atoms with Crippen molar-refractivity contribution in [3.63, 3.8) is 0 Å². The number of aromatic carboxylic acids is 1. The molecule has 0 saturated carbocycles. The highest BCUT2D eigenvalue weighted by molar-refractivity contribution is 7.12. The van der Waals surface area contributed by atoms with E-state index in [1.54, 1.807) is 17.6 Å². The Morgan fingerprint density at radius 1 is 1.29 bits per heavy atom. The second-order valence-electron chi connectivity index (χ2n) is 4.19. The van der Waals surface area contributed by atoms with Crippen LogP contribution in [0.5, 0.6) is 5.75 Å². The van der Waals surface area contributed by atoms with Gasteiger partial charge in [-0.05, 0) is 11.4 Å². The number of rotatable bonds is 5. The van der Waals surface area contributed by atoms with Crippen LogP contribution >= 0.6 is 11.3 Å². The maximum atomic E-state index is 11.0.